The molecule has 2 nitrogen and oxygen atoms in total. The van der Waals surface area contributed by atoms with Gasteiger partial charge in [0.1, 0.15) is 5.78 Å². The second kappa shape index (κ2) is 4.50. The molecule has 64 valence electrons. The van der Waals surface area contributed by atoms with E-state index in [0.29, 0.717) is 18.1 Å². The zero-order valence-electron chi connectivity index (χ0n) is 7.23. The standard InChI is InChI=1S/C9H17NO/c1-2-9(11)6-8-4-3-5-10-7-8/h8,10H,2-7H2,1H3. The van der Waals surface area contributed by atoms with Crippen LogP contribution in [0.1, 0.15) is 32.6 Å². The van der Waals surface area contributed by atoms with Gasteiger partial charge >= 0.3 is 0 Å². The Morgan fingerprint density at radius 1 is 1.64 bits per heavy atom. The molecule has 1 rings (SSSR count). The van der Waals surface area contributed by atoms with Gasteiger partial charge in [-0.1, -0.05) is 6.92 Å². The third-order valence-corrected chi connectivity index (χ3v) is 2.31. The molecule has 1 fully saturated rings. The van der Waals surface area contributed by atoms with Gasteiger partial charge in [-0.15, -0.1) is 0 Å². The smallest absolute Gasteiger partial charge is 0.132 e. The van der Waals surface area contributed by atoms with Crippen molar-refractivity contribution in [2.24, 2.45) is 5.92 Å². The first-order valence-corrected chi connectivity index (χ1v) is 4.55. The van der Waals surface area contributed by atoms with Crippen molar-refractivity contribution in [1.82, 2.24) is 5.32 Å². The van der Waals surface area contributed by atoms with Crippen LogP contribution < -0.4 is 5.32 Å². The molecule has 0 spiro atoms. The summed E-state index contributed by atoms with van der Waals surface area (Å²) in [4.78, 5) is 11.1. The Kier molecular flexibility index (Phi) is 3.57. The molecule has 1 atom stereocenters. The molecule has 1 heterocycles. The largest absolute Gasteiger partial charge is 0.316 e. The van der Waals surface area contributed by atoms with Crippen LogP contribution in [0.4, 0.5) is 0 Å². The van der Waals surface area contributed by atoms with E-state index in [-0.39, 0.29) is 0 Å². The Balaban J connectivity index is 2.19. The van der Waals surface area contributed by atoms with Gasteiger partial charge < -0.3 is 5.32 Å². The number of hydrogen-bond acceptors (Lipinski definition) is 2. The van der Waals surface area contributed by atoms with Gasteiger partial charge in [-0.25, -0.2) is 0 Å². The van der Waals surface area contributed by atoms with E-state index in [1.807, 2.05) is 6.92 Å². The van der Waals surface area contributed by atoms with Gasteiger partial charge in [0.05, 0.1) is 0 Å². The molecule has 0 aromatic carbocycles. The molecule has 1 saturated heterocycles. The zero-order valence-corrected chi connectivity index (χ0v) is 7.23. The lowest BCUT2D eigenvalue weighted by Crippen LogP contribution is -2.30. The minimum Gasteiger partial charge on any atom is -0.316 e. The second-order valence-electron chi connectivity index (χ2n) is 3.31. The van der Waals surface area contributed by atoms with E-state index in [9.17, 15) is 4.79 Å². The molecule has 1 aliphatic rings. The predicted octanol–water partition coefficient (Wildman–Crippen LogP) is 1.36. The highest BCUT2D eigenvalue weighted by molar-refractivity contribution is 5.78. The quantitative estimate of drug-likeness (QED) is 0.666. The number of piperidine rings is 1. The second-order valence-corrected chi connectivity index (χ2v) is 3.31. The van der Waals surface area contributed by atoms with Gasteiger partial charge in [-0.2, -0.15) is 0 Å². The summed E-state index contributed by atoms with van der Waals surface area (Å²) in [7, 11) is 0. The van der Waals surface area contributed by atoms with Crippen LogP contribution in [-0.2, 0) is 4.79 Å². The molecule has 0 radical (unpaired) electrons. The maximum atomic E-state index is 11.1. The molecule has 0 aromatic heterocycles. The molecule has 0 saturated carbocycles. The van der Waals surface area contributed by atoms with Gasteiger partial charge in [0.15, 0.2) is 0 Å². The Bertz CT molecular complexity index is 128. The average molecular weight is 155 g/mol. The number of carbonyl (C=O) groups excluding carboxylic acids is 1. The Hall–Kier alpha value is -0.370. The predicted molar refractivity (Wildman–Crippen MR) is 45.5 cm³/mol. The zero-order chi connectivity index (χ0) is 8.10. The van der Waals surface area contributed by atoms with Crippen molar-refractivity contribution < 1.29 is 4.79 Å². The monoisotopic (exact) mass is 155 g/mol. The van der Waals surface area contributed by atoms with Crippen molar-refractivity contribution in [3.05, 3.63) is 0 Å². The van der Waals surface area contributed by atoms with E-state index in [1.165, 1.54) is 12.8 Å². The summed E-state index contributed by atoms with van der Waals surface area (Å²) in [5, 5.41) is 3.31. The summed E-state index contributed by atoms with van der Waals surface area (Å²) in [6.45, 7) is 4.13. The molecule has 0 amide bonds. The molecule has 0 aromatic rings. The molecule has 0 aliphatic carbocycles. The van der Waals surface area contributed by atoms with Crippen molar-refractivity contribution in [3.63, 3.8) is 0 Å². The van der Waals surface area contributed by atoms with Crippen LogP contribution >= 0.6 is 0 Å². The maximum absolute atomic E-state index is 11.1. The van der Waals surface area contributed by atoms with E-state index in [0.717, 1.165) is 19.5 Å². The molecule has 1 unspecified atom stereocenters. The summed E-state index contributed by atoms with van der Waals surface area (Å²) >= 11 is 0. The Morgan fingerprint density at radius 3 is 3.00 bits per heavy atom. The van der Waals surface area contributed by atoms with Crippen LogP contribution in [-0.4, -0.2) is 18.9 Å². The number of ketones is 1. The first-order chi connectivity index (χ1) is 5.33. The fourth-order valence-electron chi connectivity index (χ4n) is 1.56. The summed E-state index contributed by atoms with van der Waals surface area (Å²) < 4.78 is 0. The molecular weight excluding hydrogens is 138 g/mol. The SMILES string of the molecule is CCC(=O)CC1CCCNC1. The van der Waals surface area contributed by atoms with Gasteiger partial charge in [0, 0.05) is 12.8 Å². The third-order valence-electron chi connectivity index (χ3n) is 2.31. The minimum atomic E-state index is 0.415. The van der Waals surface area contributed by atoms with Gasteiger partial charge in [0.25, 0.3) is 0 Å². The number of hydrogen-bond donors (Lipinski definition) is 1. The van der Waals surface area contributed by atoms with E-state index in [2.05, 4.69) is 5.32 Å². The molecular formula is C9H17NO. The summed E-state index contributed by atoms with van der Waals surface area (Å²) in [6.07, 6.45) is 3.97. The molecule has 1 aliphatic heterocycles. The van der Waals surface area contributed by atoms with E-state index in [1.54, 1.807) is 0 Å². The van der Waals surface area contributed by atoms with Crippen LogP contribution in [0.3, 0.4) is 0 Å². The topological polar surface area (TPSA) is 29.1 Å². The van der Waals surface area contributed by atoms with Crippen LogP contribution in [0.15, 0.2) is 0 Å². The first-order valence-electron chi connectivity index (χ1n) is 4.55. The van der Waals surface area contributed by atoms with Crippen molar-refractivity contribution in [2.45, 2.75) is 32.6 Å². The van der Waals surface area contributed by atoms with Crippen molar-refractivity contribution in [2.75, 3.05) is 13.1 Å². The number of rotatable bonds is 3. The Labute approximate surface area is 68.4 Å². The lowest BCUT2D eigenvalue weighted by atomic mass is 9.93. The highest BCUT2D eigenvalue weighted by Crippen LogP contribution is 2.14. The summed E-state index contributed by atoms with van der Waals surface area (Å²) in [5.74, 6) is 1.04. The number of nitrogens with one attached hydrogen (secondary N) is 1. The van der Waals surface area contributed by atoms with Gasteiger partial charge in [-0.05, 0) is 31.8 Å². The molecule has 0 bridgehead atoms. The van der Waals surface area contributed by atoms with E-state index >= 15 is 0 Å². The van der Waals surface area contributed by atoms with Crippen LogP contribution in [0.5, 0.6) is 0 Å². The molecule has 1 N–H and O–H groups in total. The lowest BCUT2D eigenvalue weighted by molar-refractivity contribution is -0.119. The lowest BCUT2D eigenvalue weighted by Gasteiger charge is -2.21. The van der Waals surface area contributed by atoms with E-state index < -0.39 is 0 Å². The van der Waals surface area contributed by atoms with Crippen molar-refractivity contribution in [1.29, 1.82) is 0 Å². The fraction of sp³-hybridized carbons (Fsp3) is 0.889. The Morgan fingerprint density at radius 2 is 2.45 bits per heavy atom. The average Bonchev–Trinajstić information content (AvgIpc) is 2.06. The van der Waals surface area contributed by atoms with Gasteiger partial charge in [-0.3, -0.25) is 4.79 Å². The highest BCUT2D eigenvalue weighted by atomic mass is 16.1. The minimum absolute atomic E-state index is 0.415. The van der Waals surface area contributed by atoms with Crippen LogP contribution in [0.25, 0.3) is 0 Å². The summed E-state index contributed by atoms with van der Waals surface area (Å²) in [6, 6.07) is 0. The number of Topliss-reactive ketones (excluding diaryl/α,β-unsaturated/α-hetero) is 1. The normalized spacial score (nSPS) is 25.0. The molecule has 11 heavy (non-hydrogen) atoms. The number of carbonyl (C=O) groups is 1. The molecule has 2 heteroatoms. The highest BCUT2D eigenvalue weighted by Gasteiger charge is 2.15. The van der Waals surface area contributed by atoms with Crippen LogP contribution in [0.2, 0.25) is 0 Å². The van der Waals surface area contributed by atoms with Crippen molar-refractivity contribution >= 4 is 5.78 Å². The fourth-order valence-corrected chi connectivity index (χ4v) is 1.56. The maximum Gasteiger partial charge on any atom is 0.132 e. The van der Waals surface area contributed by atoms with Gasteiger partial charge in [0.2, 0.25) is 0 Å². The summed E-state index contributed by atoms with van der Waals surface area (Å²) in [5.41, 5.74) is 0. The van der Waals surface area contributed by atoms with Crippen molar-refractivity contribution in [3.8, 4) is 0 Å². The first kappa shape index (κ1) is 8.72. The van der Waals surface area contributed by atoms with E-state index in [4.69, 9.17) is 0 Å². The van der Waals surface area contributed by atoms with Crippen LogP contribution in [0, 0.1) is 5.92 Å². The third kappa shape index (κ3) is 3.02.